The van der Waals surface area contributed by atoms with E-state index in [9.17, 15) is 19.2 Å². The molecule has 2 aromatic carbocycles. The van der Waals surface area contributed by atoms with Crippen LogP contribution in [0, 0.1) is 0 Å². The number of nitrogens with zero attached hydrogens (tertiary/aromatic N) is 1. The molecule has 3 N–H and O–H groups in total. The van der Waals surface area contributed by atoms with Crippen molar-refractivity contribution < 1.29 is 33.4 Å². The molecule has 1 aliphatic rings. The van der Waals surface area contributed by atoms with Crippen molar-refractivity contribution in [3.63, 3.8) is 0 Å². The molecule has 1 saturated heterocycles. The van der Waals surface area contributed by atoms with Gasteiger partial charge in [0.05, 0.1) is 0 Å². The summed E-state index contributed by atoms with van der Waals surface area (Å²) in [5.74, 6) is -0.335. The van der Waals surface area contributed by atoms with Gasteiger partial charge in [-0.15, -0.1) is 0 Å². The van der Waals surface area contributed by atoms with E-state index in [-0.39, 0.29) is 19.5 Å². The summed E-state index contributed by atoms with van der Waals surface area (Å²) >= 11 is 0. The molecular formula is C30H40N4O7. The minimum absolute atomic E-state index is 0.0609. The summed E-state index contributed by atoms with van der Waals surface area (Å²) in [6.07, 6.45) is -1.23. The Labute approximate surface area is 240 Å². The van der Waals surface area contributed by atoms with E-state index >= 15 is 0 Å². The molecule has 0 aliphatic carbocycles. The summed E-state index contributed by atoms with van der Waals surface area (Å²) in [6, 6.07) is 15.3. The molecule has 2 atom stereocenters. The number of nitrogens with one attached hydrogen (secondary N) is 3. The monoisotopic (exact) mass is 568 g/mol. The second kappa shape index (κ2) is 13.4. The molecule has 0 aromatic heterocycles. The van der Waals surface area contributed by atoms with Crippen LogP contribution in [0.25, 0.3) is 0 Å². The minimum Gasteiger partial charge on any atom is -0.489 e. The molecule has 222 valence electrons. The number of carbonyl (C=O) groups is 4. The molecule has 1 aliphatic heterocycles. The third kappa shape index (κ3) is 10.7. The Morgan fingerprint density at radius 1 is 0.902 bits per heavy atom. The van der Waals surface area contributed by atoms with E-state index in [2.05, 4.69) is 16.0 Å². The van der Waals surface area contributed by atoms with Crippen LogP contribution in [0.4, 0.5) is 15.3 Å². The first-order valence-electron chi connectivity index (χ1n) is 13.5. The molecule has 1 heterocycles. The molecule has 0 radical (unpaired) electrons. The van der Waals surface area contributed by atoms with Crippen molar-refractivity contribution in [2.75, 3.05) is 18.4 Å². The second-order valence-electron chi connectivity index (χ2n) is 11.8. The minimum atomic E-state index is -0.900. The maximum absolute atomic E-state index is 13.4. The summed E-state index contributed by atoms with van der Waals surface area (Å²) in [7, 11) is 0. The lowest BCUT2D eigenvalue weighted by Gasteiger charge is -2.28. The van der Waals surface area contributed by atoms with Crippen LogP contribution in [0.1, 0.15) is 53.5 Å². The quantitative estimate of drug-likeness (QED) is 0.434. The van der Waals surface area contributed by atoms with E-state index in [4.69, 9.17) is 14.2 Å². The summed E-state index contributed by atoms with van der Waals surface area (Å²) < 4.78 is 16.5. The number of anilines is 1. The zero-order valence-corrected chi connectivity index (χ0v) is 24.5. The predicted octanol–water partition coefficient (Wildman–Crippen LogP) is 4.22. The molecule has 1 unspecified atom stereocenters. The molecule has 0 spiro atoms. The van der Waals surface area contributed by atoms with Gasteiger partial charge in [-0.3, -0.25) is 14.5 Å². The normalized spacial score (nSPS) is 16.9. The number of hydrogen-bond acceptors (Lipinski definition) is 7. The molecule has 11 heteroatoms. The van der Waals surface area contributed by atoms with Gasteiger partial charge in [-0.1, -0.05) is 36.4 Å². The lowest BCUT2D eigenvalue weighted by molar-refractivity contribution is -0.121. The van der Waals surface area contributed by atoms with E-state index in [0.29, 0.717) is 18.0 Å². The Balaban J connectivity index is 1.64. The molecule has 11 nitrogen and oxygen atoms in total. The zero-order chi connectivity index (χ0) is 30.2. The first-order chi connectivity index (χ1) is 19.2. The zero-order valence-electron chi connectivity index (χ0n) is 24.5. The molecule has 2 aromatic rings. The molecule has 3 rings (SSSR count). The average Bonchev–Trinajstić information content (AvgIpc) is 3.29. The van der Waals surface area contributed by atoms with E-state index in [1.54, 1.807) is 65.8 Å². The topological polar surface area (TPSA) is 135 Å². The molecule has 1 fully saturated rings. The number of amides is 4. The third-order valence-electron chi connectivity index (χ3n) is 5.74. The highest BCUT2D eigenvalue weighted by Gasteiger charge is 2.42. The van der Waals surface area contributed by atoms with Gasteiger partial charge in [-0.05, 0) is 65.7 Å². The highest BCUT2D eigenvalue weighted by atomic mass is 16.6. The second-order valence-corrected chi connectivity index (χ2v) is 11.8. The van der Waals surface area contributed by atoms with Gasteiger partial charge >= 0.3 is 12.2 Å². The number of likely N-dealkylation sites (tertiary alicyclic amines) is 1. The number of rotatable bonds is 8. The molecule has 0 saturated carbocycles. The van der Waals surface area contributed by atoms with Crippen molar-refractivity contribution in [2.24, 2.45) is 0 Å². The van der Waals surface area contributed by atoms with Gasteiger partial charge in [-0.2, -0.15) is 0 Å². The molecular weight excluding hydrogens is 528 g/mol. The van der Waals surface area contributed by atoms with Gasteiger partial charge in [0.15, 0.2) is 0 Å². The summed E-state index contributed by atoms with van der Waals surface area (Å²) in [5.41, 5.74) is 0.0314. The fourth-order valence-electron chi connectivity index (χ4n) is 4.09. The van der Waals surface area contributed by atoms with Gasteiger partial charge in [0.2, 0.25) is 11.8 Å². The lowest BCUT2D eigenvalue weighted by atomic mass is 10.1. The Hall–Kier alpha value is -4.28. The highest BCUT2D eigenvalue weighted by molar-refractivity contribution is 5.97. The van der Waals surface area contributed by atoms with Crippen LogP contribution in [0.3, 0.4) is 0 Å². The Kier molecular flexibility index (Phi) is 10.2. The van der Waals surface area contributed by atoms with Crippen LogP contribution < -0.4 is 20.7 Å². The lowest BCUT2D eigenvalue weighted by Crippen LogP contribution is -2.46. The van der Waals surface area contributed by atoms with Gasteiger partial charge in [0, 0.05) is 24.3 Å². The fraction of sp³-hybridized carbons (Fsp3) is 0.467. The number of carbonyl (C=O) groups excluding carboxylic acids is 4. The van der Waals surface area contributed by atoms with Gasteiger partial charge in [0.25, 0.3) is 0 Å². The largest absolute Gasteiger partial charge is 0.489 e. The maximum atomic E-state index is 13.4. The SMILES string of the molecule is CC(C)(C)OC(=O)NCC(=O)NC1C[C@@H](C(=O)Nc2cccc(OCc3ccccc3)c2)N(C(=O)OC(C)(C)C)C1. The van der Waals surface area contributed by atoms with Crippen LogP contribution >= 0.6 is 0 Å². The number of hydrogen-bond donors (Lipinski definition) is 3. The fourth-order valence-corrected chi connectivity index (χ4v) is 4.09. The molecule has 41 heavy (non-hydrogen) atoms. The van der Waals surface area contributed by atoms with E-state index in [0.717, 1.165) is 5.56 Å². The van der Waals surface area contributed by atoms with Crippen molar-refractivity contribution in [1.29, 1.82) is 0 Å². The maximum Gasteiger partial charge on any atom is 0.411 e. The van der Waals surface area contributed by atoms with Crippen LogP contribution in [0.5, 0.6) is 5.75 Å². The van der Waals surface area contributed by atoms with E-state index < -0.39 is 47.3 Å². The number of benzene rings is 2. The van der Waals surface area contributed by atoms with E-state index in [1.807, 2.05) is 30.3 Å². The summed E-state index contributed by atoms with van der Waals surface area (Å²) in [4.78, 5) is 52.1. The smallest absolute Gasteiger partial charge is 0.411 e. The van der Waals surface area contributed by atoms with Gasteiger partial charge in [-0.25, -0.2) is 9.59 Å². The Morgan fingerprint density at radius 3 is 2.24 bits per heavy atom. The number of ether oxygens (including phenoxy) is 3. The Morgan fingerprint density at radius 2 is 1.59 bits per heavy atom. The standard InChI is InChI=1S/C30H40N4O7/c1-29(2,3)40-27(37)31-17-25(35)32-22-16-24(34(18-22)28(38)41-30(4,5)6)26(36)33-21-13-10-14-23(15-21)39-19-20-11-8-7-9-12-20/h7-15,22,24H,16-19H2,1-6H3,(H,31,37)(H,32,35)(H,33,36)/t22?,24-/m0/s1. The first kappa shape index (κ1) is 31.3. The summed E-state index contributed by atoms with van der Waals surface area (Å²) in [5, 5.41) is 8.03. The van der Waals surface area contributed by atoms with Crippen LogP contribution in [0.2, 0.25) is 0 Å². The number of alkyl carbamates (subject to hydrolysis) is 1. The van der Waals surface area contributed by atoms with Gasteiger partial charge < -0.3 is 30.2 Å². The molecule has 0 bridgehead atoms. The third-order valence-corrected chi connectivity index (χ3v) is 5.74. The van der Waals surface area contributed by atoms with Crippen molar-refractivity contribution in [2.45, 2.75) is 77.9 Å². The predicted molar refractivity (Wildman–Crippen MR) is 153 cm³/mol. The average molecular weight is 569 g/mol. The van der Waals surface area contributed by atoms with Crippen LogP contribution in [0.15, 0.2) is 54.6 Å². The van der Waals surface area contributed by atoms with E-state index in [1.165, 1.54) is 4.90 Å². The highest BCUT2D eigenvalue weighted by Crippen LogP contribution is 2.24. The van der Waals surface area contributed by atoms with Crippen molar-refractivity contribution in [3.8, 4) is 5.75 Å². The first-order valence-corrected chi connectivity index (χ1v) is 13.5. The van der Waals surface area contributed by atoms with Crippen LogP contribution in [-0.2, 0) is 25.7 Å². The van der Waals surface area contributed by atoms with Crippen molar-refractivity contribution in [3.05, 3.63) is 60.2 Å². The van der Waals surface area contributed by atoms with Crippen LogP contribution in [-0.4, -0.2) is 65.3 Å². The Bertz CT molecular complexity index is 1220. The van der Waals surface area contributed by atoms with Crippen molar-refractivity contribution in [1.82, 2.24) is 15.5 Å². The van der Waals surface area contributed by atoms with Crippen molar-refractivity contribution >= 4 is 29.7 Å². The molecule has 4 amide bonds. The van der Waals surface area contributed by atoms with Gasteiger partial charge in [0.1, 0.15) is 36.1 Å². The summed E-state index contributed by atoms with van der Waals surface area (Å²) in [6.45, 7) is 10.5.